The van der Waals surface area contributed by atoms with Gasteiger partial charge in [-0.15, -0.1) is 0 Å². The minimum absolute atomic E-state index is 0.820. The van der Waals surface area contributed by atoms with E-state index in [4.69, 9.17) is 4.74 Å². The van der Waals surface area contributed by atoms with Crippen molar-refractivity contribution < 1.29 is 4.74 Å². The topological polar surface area (TPSA) is 9.23 Å². The van der Waals surface area contributed by atoms with E-state index in [9.17, 15) is 0 Å². The summed E-state index contributed by atoms with van der Waals surface area (Å²) in [5.74, 6) is 0.820. The zero-order chi connectivity index (χ0) is 21.3. The van der Waals surface area contributed by atoms with Crippen LogP contribution in [0.15, 0.2) is 0 Å². The van der Waals surface area contributed by atoms with Crippen LogP contribution in [-0.2, 0) is 4.74 Å². The molecule has 0 amide bonds. The van der Waals surface area contributed by atoms with Crippen molar-refractivity contribution in [1.82, 2.24) is 0 Å². The number of hydrogen-bond donors (Lipinski definition) is 0. The first kappa shape index (κ1) is 29.0. The first-order chi connectivity index (χ1) is 14.3. The van der Waals surface area contributed by atoms with Crippen LogP contribution in [-0.4, -0.2) is 13.2 Å². The number of ether oxygens (including phenoxy) is 1. The van der Waals surface area contributed by atoms with Gasteiger partial charge in [0.1, 0.15) is 0 Å². The van der Waals surface area contributed by atoms with Crippen molar-refractivity contribution >= 4 is 0 Å². The fraction of sp³-hybridized carbons (Fsp3) is 1.00. The van der Waals surface area contributed by atoms with Crippen LogP contribution in [0.2, 0.25) is 0 Å². The third kappa shape index (κ3) is 24.1. The van der Waals surface area contributed by atoms with Crippen LogP contribution in [0.5, 0.6) is 0 Å². The molecule has 1 heteroatoms. The zero-order valence-electron chi connectivity index (χ0n) is 21.0. The van der Waals surface area contributed by atoms with Crippen molar-refractivity contribution in [2.45, 2.75) is 162 Å². The monoisotopic (exact) mass is 410 g/mol. The first-order valence-electron chi connectivity index (χ1n) is 13.9. The van der Waals surface area contributed by atoms with Gasteiger partial charge in [-0.1, -0.05) is 143 Å². The Hall–Kier alpha value is -0.0400. The van der Waals surface area contributed by atoms with E-state index in [1.165, 1.54) is 141 Å². The molecule has 0 heterocycles. The quantitative estimate of drug-likeness (QED) is 0.136. The highest BCUT2D eigenvalue weighted by Gasteiger charge is 2.09. The molecule has 0 aromatic carbocycles. The van der Waals surface area contributed by atoms with E-state index in [2.05, 4.69) is 20.8 Å². The van der Waals surface area contributed by atoms with E-state index in [0.29, 0.717) is 0 Å². The van der Waals surface area contributed by atoms with Gasteiger partial charge in [-0.05, 0) is 25.2 Å². The molecular weight excluding hydrogens is 352 g/mol. The first-order valence-corrected chi connectivity index (χ1v) is 13.9. The van der Waals surface area contributed by atoms with Gasteiger partial charge in [-0.3, -0.25) is 0 Å². The second-order valence-corrected chi connectivity index (χ2v) is 9.53. The minimum Gasteiger partial charge on any atom is -0.381 e. The normalized spacial score (nSPS) is 12.5. The molecule has 1 atom stereocenters. The lowest BCUT2D eigenvalue weighted by molar-refractivity contribution is 0.0888. The Morgan fingerprint density at radius 2 is 0.759 bits per heavy atom. The predicted molar refractivity (Wildman–Crippen MR) is 133 cm³/mol. The molecular formula is C28H58O. The molecule has 0 saturated heterocycles. The molecule has 0 aliphatic carbocycles. The van der Waals surface area contributed by atoms with Gasteiger partial charge in [0.15, 0.2) is 0 Å². The van der Waals surface area contributed by atoms with Crippen LogP contribution >= 0.6 is 0 Å². The van der Waals surface area contributed by atoms with Gasteiger partial charge in [-0.2, -0.15) is 0 Å². The Bertz CT molecular complexity index is 275. The summed E-state index contributed by atoms with van der Waals surface area (Å²) >= 11 is 0. The van der Waals surface area contributed by atoms with Crippen molar-refractivity contribution in [3.05, 3.63) is 0 Å². The zero-order valence-corrected chi connectivity index (χ0v) is 21.0. The number of rotatable bonds is 25. The lowest BCUT2D eigenvalue weighted by Crippen LogP contribution is -2.11. The van der Waals surface area contributed by atoms with Gasteiger partial charge in [0, 0.05) is 13.2 Å². The molecule has 29 heavy (non-hydrogen) atoms. The average Bonchev–Trinajstić information content (AvgIpc) is 2.73. The predicted octanol–water partition coefficient (Wildman–Crippen LogP) is 10.3. The van der Waals surface area contributed by atoms with Crippen molar-refractivity contribution in [2.24, 2.45) is 5.92 Å². The minimum atomic E-state index is 0.820. The highest BCUT2D eigenvalue weighted by atomic mass is 16.5. The summed E-state index contributed by atoms with van der Waals surface area (Å²) < 4.78 is 6.00. The standard InChI is InChI=1S/C28H58O/c1-4-7-10-12-14-16-17-19-21-23-25-28(27-29-26-9-6-3)24-22-20-18-15-13-11-8-5-2/h28H,4-27H2,1-3H3. The molecule has 0 aliphatic rings. The van der Waals surface area contributed by atoms with Crippen LogP contribution in [0, 0.1) is 5.92 Å². The van der Waals surface area contributed by atoms with E-state index in [1.54, 1.807) is 0 Å². The van der Waals surface area contributed by atoms with Crippen molar-refractivity contribution in [3.8, 4) is 0 Å². The summed E-state index contributed by atoms with van der Waals surface area (Å²) in [6.07, 6.45) is 31.2. The van der Waals surface area contributed by atoms with Gasteiger partial charge >= 0.3 is 0 Å². The molecule has 0 bridgehead atoms. The van der Waals surface area contributed by atoms with Gasteiger partial charge in [0.05, 0.1) is 0 Å². The largest absolute Gasteiger partial charge is 0.381 e. The second kappa shape index (κ2) is 26.0. The molecule has 0 N–H and O–H groups in total. The SMILES string of the molecule is CCCCCCCCCCCCC(CCCCCCCCCC)COCCCC. The lowest BCUT2D eigenvalue weighted by Gasteiger charge is -2.17. The molecule has 0 saturated carbocycles. The fourth-order valence-corrected chi connectivity index (χ4v) is 4.29. The van der Waals surface area contributed by atoms with Crippen LogP contribution in [0.1, 0.15) is 162 Å². The molecule has 1 unspecified atom stereocenters. The van der Waals surface area contributed by atoms with Crippen molar-refractivity contribution in [3.63, 3.8) is 0 Å². The van der Waals surface area contributed by atoms with Crippen molar-refractivity contribution in [1.29, 1.82) is 0 Å². The van der Waals surface area contributed by atoms with Crippen molar-refractivity contribution in [2.75, 3.05) is 13.2 Å². The fourth-order valence-electron chi connectivity index (χ4n) is 4.29. The average molecular weight is 411 g/mol. The van der Waals surface area contributed by atoms with Crippen LogP contribution < -0.4 is 0 Å². The summed E-state index contributed by atoms with van der Waals surface area (Å²) in [5.41, 5.74) is 0. The van der Waals surface area contributed by atoms with Crippen LogP contribution in [0.25, 0.3) is 0 Å². The highest BCUT2D eigenvalue weighted by Crippen LogP contribution is 2.20. The molecule has 0 aliphatic heterocycles. The molecule has 1 nitrogen and oxygen atoms in total. The van der Waals surface area contributed by atoms with E-state index in [0.717, 1.165) is 19.1 Å². The Morgan fingerprint density at radius 1 is 0.414 bits per heavy atom. The summed E-state index contributed by atoms with van der Waals surface area (Å²) in [6, 6.07) is 0. The number of unbranched alkanes of at least 4 members (excludes halogenated alkanes) is 17. The van der Waals surface area contributed by atoms with E-state index in [1.807, 2.05) is 0 Å². The summed E-state index contributed by atoms with van der Waals surface area (Å²) in [5, 5.41) is 0. The molecule has 0 aromatic rings. The Labute approximate surface area is 186 Å². The summed E-state index contributed by atoms with van der Waals surface area (Å²) in [4.78, 5) is 0. The Morgan fingerprint density at radius 3 is 1.14 bits per heavy atom. The smallest absolute Gasteiger partial charge is 0.0494 e. The maximum atomic E-state index is 6.00. The number of hydrogen-bond acceptors (Lipinski definition) is 1. The second-order valence-electron chi connectivity index (χ2n) is 9.53. The summed E-state index contributed by atoms with van der Waals surface area (Å²) in [6.45, 7) is 8.86. The molecule has 0 fully saturated rings. The van der Waals surface area contributed by atoms with Gasteiger partial charge in [0.2, 0.25) is 0 Å². The molecule has 0 spiro atoms. The maximum absolute atomic E-state index is 6.00. The summed E-state index contributed by atoms with van der Waals surface area (Å²) in [7, 11) is 0. The van der Waals surface area contributed by atoms with E-state index < -0.39 is 0 Å². The molecule has 0 radical (unpaired) electrons. The maximum Gasteiger partial charge on any atom is 0.0494 e. The third-order valence-electron chi connectivity index (χ3n) is 6.43. The molecule has 176 valence electrons. The molecule has 0 rings (SSSR count). The Balaban J connectivity index is 3.68. The van der Waals surface area contributed by atoms with E-state index in [-0.39, 0.29) is 0 Å². The lowest BCUT2D eigenvalue weighted by atomic mass is 9.94. The van der Waals surface area contributed by atoms with Gasteiger partial charge in [0.25, 0.3) is 0 Å². The highest BCUT2D eigenvalue weighted by molar-refractivity contribution is 4.61. The van der Waals surface area contributed by atoms with E-state index >= 15 is 0 Å². The van der Waals surface area contributed by atoms with Crippen LogP contribution in [0.4, 0.5) is 0 Å². The molecule has 0 aromatic heterocycles. The van der Waals surface area contributed by atoms with Gasteiger partial charge < -0.3 is 4.74 Å². The third-order valence-corrected chi connectivity index (χ3v) is 6.43. The van der Waals surface area contributed by atoms with Crippen LogP contribution in [0.3, 0.4) is 0 Å². The van der Waals surface area contributed by atoms with Gasteiger partial charge in [-0.25, -0.2) is 0 Å². The Kier molecular flexibility index (Phi) is 26.0.